The monoisotopic (exact) mass is 377 g/mol. The number of hydrogen-bond acceptors (Lipinski definition) is 0. The van der Waals surface area contributed by atoms with Gasteiger partial charge in [0.05, 0.1) is 0 Å². The van der Waals surface area contributed by atoms with Crippen LogP contribution in [0.1, 0.15) is 16.7 Å². The summed E-state index contributed by atoms with van der Waals surface area (Å²) >= 11 is 1.52. The van der Waals surface area contributed by atoms with E-state index in [2.05, 4.69) is 91.0 Å². The maximum absolute atomic E-state index is 2.25. The Kier molecular flexibility index (Phi) is 4.45. The van der Waals surface area contributed by atoms with E-state index in [1.807, 2.05) is 0 Å². The van der Waals surface area contributed by atoms with Crippen LogP contribution >= 0.6 is 0 Å². The molecule has 21 heavy (non-hydrogen) atoms. The number of hydrogen-bond donors (Lipinski definition) is 0. The van der Waals surface area contributed by atoms with Crippen molar-refractivity contribution in [3.63, 3.8) is 0 Å². The molecule has 0 heterocycles. The predicted octanol–water partition coefficient (Wildman–Crippen LogP) is 4.34. The molecule has 3 aromatic carbocycles. The zero-order chi connectivity index (χ0) is 14.5. The SMILES string of the molecule is [Sn][C](Cc1ccccc1)(c1ccccc1)c1ccccc1. The second kappa shape index (κ2) is 6.48. The molecule has 0 amide bonds. The molecule has 3 radical (unpaired) electrons. The molecule has 0 spiro atoms. The third-order valence-electron chi connectivity index (χ3n) is 3.85. The first kappa shape index (κ1) is 14.4. The van der Waals surface area contributed by atoms with Gasteiger partial charge in [-0.2, -0.15) is 0 Å². The Morgan fingerprint density at radius 1 is 0.571 bits per heavy atom. The average molecular weight is 376 g/mol. The fraction of sp³-hybridized carbons (Fsp3) is 0.100. The second-order valence-corrected chi connectivity index (χ2v) is 7.74. The summed E-state index contributed by atoms with van der Waals surface area (Å²) in [6.07, 6.45) is 1.04. The van der Waals surface area contributed by atoms with Crippen molar-refractivity contribution in [3.05, 3.63) is 108 Å². The van der Waals surface area contributed by atoms with Crippen LogP contribution in [0.3, 0.4) is 0 Å². The van der Waals surface area contributed by atoms with Crippen molar-refractivity contribution in [1.29, 1.82) is 0 Å². The zero-order valence-electron chi connectivity index (χ0n) is 11.9. The molecule has 0 bridgehead atoms. The van der Waals surface area contributed by atoms with Crippen molar-refractivity contribution in [2.45, 2.75) is 9.85 Å². The van der Waals surface area contributed by atoms with E-state index in [1.54, 1.807) is 0 Å². The summed E-state index contributed by atoms with van der Waals surface area (Å²) in [5, 5.41) is 0. The molecule has 0 nitrogen and oxygen atoms in total. The molecule has 0 saturated heterocycles. The molecule has 0 aliphatic rings. The van der Waals surface area contributed by atoms with Gasteiger partial charge in [-0.3, -0.25) is 0 Å². The fourth-order valence-corrected chi connectivity index (χ4v) is 4.25. The van der Waals surface area contributed by atoms with Crippen LogP contribution in [-0.4, -0.2) is 22.5 Å². The summed E-state index contributed by atoms with van der Waals surface area (Å²) in [5.41, 5.74) is 4.19. The van der Waals surface area contributed by atoms with Crippen LogP contribution in [0.4, 0.5) is 0 Å². The van der Waals surface area contributed by atoms with Gasteiger partial charge in [0.1, 0.15) is 0 Å². The van der Waals surface area contributed by atoms with Crippen molar-refractivity contribution in [3.8, 4) is 0 Å². The van der Waals surface area contributed by atoms with Gasteiger partial charge < -0.3 is 0 Å². The third-order valence-corrected chi connectivity index (χ3v) is 6.00. The van der Waals surface area contributed by atoms with Gasteiger partial charge in [-0.25, -0.2) is 0 Å². The van der Waals surface area contributed by atoms with Gasteiger partial charge in [-0.1, -0.05) is 0 Å². The van der Waals surface area contributed by atoms with Crippen LogP contribution in [0.2, 0.25) is 0 Å². The molecule has 0 atom stereocenters. The van der Waals surface area contributed by atoms with Crippen LogP contribution in [-0.2, 0) is 9.85 Å². The molecule has 1 heteroatoms. The molecule has 3 aromatic rings. The first-order valence-electron chi connectivity index (χ1n) is 7.19. The van der Waals surface area contributed by atoms with Crippen LogP contribution < -0.4 is 0 Å². The average Bonchev–Trinajstić information content (AvgIpc) is 2.57. The maximum atomic E-state index is 2.25. The van der Waals surface area contributed by atoms with Gasteiger partial charge in [0.25, 0.3) is 0 Å². The molecule has 0 aromatic heterocycles. The van der Waals surface area contributed by atoms with E-state index in [0.29, 0.717) is 0 Å². The molecular formula is C20H17Sn. The minimum atomic E-state index is 0.0800. The summed E-state index contributed by atoms with van der Waals surface area (Å²) in [7, 11) is 0. The standard InChI is InChI=1S/C20H17.Sn/c1-4-10-17(11-5-1)16-20(18-12-6-2-7-13-18)19-14-8-3-9-15-19;/h1-15H,16H2;. The van der Waals surface area contributed by atoms with E-state index in [-0.39, 0.29) is 3.43 Å². The summed E-state index contributed by atoms with van der Waals surface area (Å²) in [5.74, 6) is 0. The Balaban J connectivity index is 2.07. The van der Waals surface area contributed by atoms with Crippen molar-refractivity contribution in [2.75, 3.05) is 0 Å². The van der Waals surface area contributed by atoms with E-state index in [1.165, 1.54) is 39.2 Å². The van der Waals surface area contributed by atoms with Gasteiger partial charge in [0.15, 0.2) is 0 Å². The second-order valence-electron chi connectivity index (χ2n) is 5.30. The molecule has 0 aliphatic heterocycles. The Labute approximate surface area is 139 Å². The molecule has 0 fully saturated rings. The van der Waals surface area contributed by atoms with E-state index in [0.717, 1.165) is 6.42 Å². The van der Waals surface area contributed by atoms with E-state index < -0.39 is 0 Å². The van der Waals surface area contributed by atoms with Crippen molar-refractivity contribution in [1.82, 2.24) is 0 Å². The summed E-state index contributed by atoms with van der Waals surface area (Å²) < 4.78 is 0.0800. The fourth-order valence-electron chi connectivity index (χ4n) is 2.72. The van der Waals surface area contributed by atoms with Crippen LogP contribution in [0.5, 0.6) is 0 Å². The Morgan fingerprint density at radius 2 is 0.952 bits per heavy atom. The Hall–Kier alpha value is -1.54. The molecule has 3 rings (SSSR count). The first-order chi connectivity index (χ1) is 10.3. The third kappa shape index (κ3) is 3.21. The summed E-state index contributed by atoms with van der Waals surface area (Å²) in [6.45, 7) is 0. The van der Waals surface area contributed by atoms with Crippen LogP contribution in [0.15, 0.2) is 91.0 Å². The van der Waals surface area contributed by atoms with Gasteiger partial charge in [0, 0.05) is 0 Å². The summed E-state index contributed by atoms with van der Waals surface area (Å²) in [6, 6.07) is 32.6. The molecule has 0 N–H and O–H groups in total. The van der Waals surface area contributed by atoms with Crippen LogP contribution in [0, 0.1) is 0 Å². The molecule has 0 saturated carbocycles. The van der Waals surface area contributed by atoms with Crippen molar-refractivity contribution < 1.29 is 0 Å². The van der Waals surface area contributed by atoms with E-state index in [4.69, 9.17) is 0 Å². The van der Waals surface area contributed by atoms with Gasteiger partial charge >= 0.3 is 140 Å². The number of rotatable bonds is 4. The normalized spacial score (nSPS) is 11.3. The quantitative estimate of drug-likeness (QED) is 0.595. The Bertz CT molecular complexity index is 635. The van der Waals surface area contributed by atoms with Gasteiger partial charge in [-0.15, -0.1) is 0 Å². The van der Waals surface area contributed by atoms with E-state index >= 15 is 0 Å². The predicted molar refractivity (Wildman–Crippen MR) is 89.6 cm³/mol. The number of benzene rings is 3. The topological polar surface area (TPSA) is 0 Å². The van der Waals surface area contributed by atoms with Crippen molar-refractivity contribution >= 4 is 22.5 Å². The van der Waals surface area contributed by atoms with Crippen LogP contribution in [0.25, 0.3) is 0 Å². The molecular weight excluding hydrogens is 359 g/mol. The Morgan fingerprint density at radius 3 is 1.38 bits per heavy atom. The molecule has 101 valence electrons. The molecule has 0 unspecified atom stereocenters. The van der Waals surface area contributed by atoms with Gasteiger partial charge in [0.2, 0.25) is 0 Å². The summed E-state index contributed by atoms with van der Waals surface area (Å²) in [4.78, 5) is 0. The minimum absolute atomic E-state index is 0.0800. The van der Waals surface area contributed by atoms with E-state index in [9.17, 15) is 0 Å². The van der Waals surface area contributed by atoms with Gasteiger partial charge in [-0.05, 0) is 0 Å². The molecule has 0 aliphatic carbocycles. The zero-order valence-corrected chi connectivity index (χ0v) is 14.7. The van der Waals surface area contributed by atoms with Crippen molar-refractivity contribution in [2.24, 2.45) is 0 Å². The first-order valence-corrected chi connectivity index (χ1v) is 8.62.